The van der Waals surface area contributed by atoms with E-state index >= 15 is 0 Å². The molecule has 0 aromatic heterocycles. The second-order valence-electron chi connectivity index (χ2n) is 4.34. The zero-order valence-corrected chi connectivity index (χ0v) is 12.0. The third-order valence-electron chi connectivity index (χ3n) is 2.92. The first-order chi connectivity index (χ1) is 9.20. The van der Waals surface area contributed by atoms with E-state index < -0.39 is 5.97 Å². The Labute approximate surface area is 118 Å². The molecule has 0 fully saturated rings. The number of rotatable bonds is 8. The van der Waals surface area contributed by atoms with Gasteiger partial charge >= 0.3 is 5.97 Å². The van der Waals surface area contributed by atoms with E-state index in [2.05, 4.69) is 0 Å². The van der Waals surface area contributed by atoms with Gasteiger partial charge in [0.25, 0.3) is 0 Å². The van der Waals surface area contributed by atoms with E-state index in [-0.39, 0.29) is 5.82 Å². The van der Waals surface area contributed by atoms with Crippen LogP contribution in [-0.2, 0) is 11.2 Å². The molecule has 0 amide bonds. The molecule has 1 aromatic carbocycles. The minimum atomic E-state index is -0.447. The number of carbonyl (C=O) groups is 1. The van der Waals surface area contributed by atoms with Gasteiger partial charge in [-0.15, -0.1) is 11.6 Å². The molecule has 0 heterocycles. The van der Waals surface area contributed by atoms with Crippen molar-refractivity contribution in [1.29, 1.82) is 0 Å². The summed E-state index contributed by atoms with van der Waals surface area (Å²) in [6, 6.07) is 4.55. The predicted molar refractivity (Wildman–Crippen MR) is 75.2 cm³/mol. The summed E-state index contributed by atoms with van der Waals surface area (Å²) >= 11 is 5.60. The molecule has 19 heavy (non-hydrogen) atoms. The lowest BCUT2D eigenvalue weighted by atomic mass is 10.0. The highest BCUT2D eigenvalue weighted by Crippen LogP contribution is 2.18. The van der Waals surface area contributed by atoms with E-state index in [1.807, 2.05) is 0 Å². The molecule has 4 heteroatoms. The molecule has 0 radical (unpaired) electrons. The second-order valence-corrected chi connectivity index (χ2v) is 4.72. The van der Waals surface area contributed by atoms with Gasteiger partial charge in [0.05, 0.1) is 12.2 Å². The van der Waals surface area contributed by atoms with E-state index in [1.165, 1.54) is 6.07 Å². The lowest BCUT2D eigenvalue weighted by Gasteiger charge is -2.09. The zero-order chi connectivity index (χ0) is 14.1. The van der Waals surface area contributed by atoms with Gasteiger partial charge < -0.3 is 4.74 Å². The van der Waals surface area contributed by atoms with E-state index in [1.54, 1.807) is 19.1 Å². The SMILES string of the molecule is CCOC(=O)c1cccc(F)c1CCCCCCCl. The molecule has 106 valence electrons. The Bertz CT molecular complexity index is 407. The van der Waals surface area contributed by atoms with Gasteiger partial charge in [-0.2, -0.15) is 0 Å². The van der Waals surface area contributed by atoms with Crippen molar-refractivity contribution in [3.63, 3.8) is 0 Å². The van der Waals surface area contributed by atoms with Gasteiger partial charge in [0.2, 0.25) is 0 Å². The Morgan fingerprint density at radius 1 is 1.26 bits per heavy atom. The summed E-state index contributed by atoms with van der Waals surface area (Å²) in [5.41, 5.74) is 0.811. The second kappa shape index (κ2) is 8.92. The fourth-order valence-electron chi connectivity index (χ4n) is 1.96. The molecule has 1 rings (SSSR count). The summed E-state index contributed by atoms with van der Waals surface area (Å²) in [4.78, 5) is 11.7. The van der Waals surface area contributed by atoms with Gasteiger partial charge in [0.15, 0.2) is 0 Å². The van der Waals surface area contributed by atoms with Gasteiger partial charge in [-0.05, 0) is 38.3 Å². The van der Waals surface area contributed by atoms with Gasteiger partial charge in [0.1, 0.15) is 5.82 Å². The summed E-state index contributed by atoms with van der Waals surface area (Å²) in [5.74, 6) is -0.117. The standard InChI is InChI=1S/C15H20ClFO2/c1-2-19-15(18)13-9-7-10-14(17)12(13)8-5-3-4-6-11-16/h7,9-10H,2-6,8,11H2,1H3. The van der Waals surface area contributed by atoms with Crippen LogP contribution in [0.15, 0.2) is 18.2 Å². The molecule has 0 unspecified atom stereocenters. The molecule has 0 N–H and O–H groups in total. The number of hydrogen-bond donors (Lipinski definition) is 0. The third kappa shape index (κ3) is 5.19. The summed E-state index contributed by atoms with van der Waals surface area (Å²) in [7, 11) is 0. The third-order valence-corrected chi connectivity index (χ3v) is 3.19. The van der Waals surface area contributed by atoms with Crippen LogP contribution >= 0.6 is 11.6 Å². The maximum atomic E-state index is 13.8. The largest absolute Gasteiger partial charge is 0.462 e. The number of ether oxygens (including phenoxy) is 1. The van der Waals surface area contributed by atoms with Crippen molar-refractivity contribution in [2.24, 2.45) is 0 Å². The molecule has 0 atom stereocenters. The minimum Gasteiger partial charge on any atom is -0.462 e. The Hall–Kier alpha value is -1.09. The summed E-state index contributed by atoms with van der Waals surface area (Å²) in [5, 5.41) is 0. The molecule has 0 saturated carbocycles. The fraction of sp³-hybridized carbons (Fsp3) is 0.533. The van der Waals surface area contributed by atoms with E-state index in [0.29, 0.717) is 30.0 Å². The lowest BCUT2D eigenvalue weighted by molar-refractivity contribution is 0.0524. The van der Waals surface area contributed by atoms with Crippen molar-refractivity contribution in [2.75, 3.05) is 12.5 Å². The first-order valence-corrected chi connectivity index (χ1v) is 7.24. The Morgan fingerprint density at radius 2 is 2.00 bits per heavy atom. The van der Waals surface area contributed by atoms with Gasteiger partial charge in [-0.3, -0.25) is 0 Å². The van der Waals surface area contributed by atoms with Crippen LogP contribution < -0.4 is 0 Å². The highest BCUT2D eigenvalue weighted by atomic mass is 35.5. The first kappa shape index (κ1) is 16.0. The highest BCUT2D eigenvalue weighted by molar-refractivity contribution is 6.17. The van der Waals surface area contributed by atoms with Crippen molar-refractivity contribution >= 4 is 17.6 Å². The molecule has 0 spiro atoms. The van der Waals surface area contributed by atoms with E-state index in [4.69, 9.17) is 16.3 Å². The number of halogens is 2. The predicted octanol–water partition coefficient (Wildman–Crippen LogP) is 4.34. The maximum Gasteiger partial charge on any atom is 0.338 e. The number of benzene rings is 1. The Balaban J connectivity index is 2.67. The minimum absolute atomic E-state index is 0.296. The molecule has 0 aliphatic heterocycles. The molecule has 0 bridgehead atoms. The van der Waals surface area contributed by atoms with Crippen LogP contribution in [0.3, 0.4) is 0 Å². The molecular formula is C15H20ClFO2. The molecule has 0 aliphatic rings. The van der Waals surface area contributed by atoms with Crippen LogP contribution in [0.5, 0.6) is 0 Å². The first-order valence-electron chi connectivity index (χ1n) is 6.71. The monoisotopic (exact) mass is 286 g/mol. The van der Waals surface area contributed by atoms with Gasteiger partial charge in [-0.1, -0.05) is 18.9 Å². The van der Waals surface area contributed by atoms with Gasteiger partial charge in [0, 0.05) is 11.4 Å². The van der Waals surface area contributed by atoms with Crippen LogP contribution in [0.25, 0.3) is 0 Å². The van der Waals surface area contributed by atoms with Crippen LogP contribution in [0.1, 0.15) is 48.5 Å². The average Bonchev–Trinajstić information content (AvgIpc) is 2.40. The van der Waals surface area contributed by atoms with Crippen molar-refractivity contribution in [3.05, 3.63) is 35.1 Å². The van der Waals surface area contributed by atoms with Crippen molar-refractivity contribution in [3.8, 4) is 0 Å². The highest BCUT2D eigenvalue weighted by Gasteiger charge is 2.15. The summed E-state index contributed by atoms with van der Waals surface area (Å²) < 4.78 is 18.7. The summed E-state index contributed by atoms with van der Waals surface area (Å²) in [6.07, 6.45) is 4.41. The molecular weight excluding hydrogens is 267 g/mol. The number of alkyl halides is 1. The van der Waals surface area contributed by atoms with Crippen LogP contribution in [-0.4, -0.2) is 18.5 Å². The number of unbranched alkanes of at least 4 members (excludes halogenated alkanes) is 3. The lowest BCUT2D eigenvalue weighted by Crippen LogP contribution is -2.09. The molecule has 0 saturated heterocycles. The molecule has 0 aliphatic carbocycles. The normalized spacial score (nSPS) is 10.5. The average molecular weight is 287 g/mol. The molecule has 2 nitrogen and oxygen atoms in total. The number of esters is 1. The van der Waals surface area contributed by atoms with Crippen LogP contribution in [0, 0.1) is 5.82 Å². The van der Waals surface area contributed by atoms with E-state index in [0.717, 1.165) is 25.7 Å². The number of hydrogen-bond acceptors (Lipinski definition) is 2. The Kier molecular flexibility index (Phi) is 7.49. The number of carbonyl (C=O) groups excluding carboxylic acids is 1. The quantitative estimate of drug-likeness (QED) is 0.403. The van der Waals surface area contributed by atoms with Gasteiger partial charge in [-0.25, -0.2) is 9.18 Å². The Morgan fingerprint density at radius 3 is 2.68 bits per heavy atom. The smallest absolute Gasteiger partial charge is 0.338 e. The zero-order valence-electron chi connectivity index (χ0n) is 11.3. The van der Waals surface area contributed by atoms with Crippen molar-refractivity contribution in [1.82, 2.24) is 0 Å². The summed E-state index contributed by atoms with van der Waals surface area (Å²) in [6.45, 7) is 2.04. The van der Waals surface area contributed by atoms with E-state index in [9.17, 15) is 9.18 Å². The van der Waals surface area contributed by atoms with Crippen LogP contribution in [0.2, 0.25) is 0 Å². The van der Waals surface area contributed by atoms with Crippen molar-refractivity contribution in [2.45, 2.75) is 39.0 Å². The van der Waals surface area contributed by atoms with Crippen LogP contribution in [0.4, 0.5) is 4.39 Å². The topological polar surface area (TPSA) is 26.3 Å². The maximum absolute atomic E-state index is 13.8. The fourth-order valence-corrected chi connectivity index (χ4v) is 2.15. The molecule has 1 aromatic rings. The van der Waals surface area contributed by atoms with Crippen molar-refractivity contribution < 1.29 is 13.9 Å².